The van der Waals surface area contributed by atoms with E-state index in [1.807, 2.05) is 6.26 Å². The van der Waals surface area contributed by atoms with Crippen LogP contribution in [-0.2, 0) is 4.74 Å². The first-order valence-electron chi connectivity index (χ1n) is 7.53. The molecular weight excluding hydrogens is 351 g/mol. The number of hydrogen-bond acceptors (Lipinski definition) is 8. The van der Waals surface area contributed by atoms with Gasteiger partial charge in [0.25, 0.3) is 0 Å². The van der Waals surface area contributed by atoms with Gasteiger partial charge < -0.3 is 19.8 Å². The number of aliphatic hydroxyl groups is 2. The summed E-state index contributed by atoms with van der Waals surface area (Å²) >= 11 is 1.49. The maximum Gasteiger partial charge on any atom is 0.312 e. The number of aliphatic hydroxyl groups excluding tert-OH is 2. The summed E-state index contributed by atoms with van der Waals surface area (Å²) < 4.78 is 21.0. The lowest BCUT2D eigenvalue weighted by atomic mass is 10.1. The molecule has 9 nitrogen and oxygen atoms in total. The van der Waals surface area contributed by atoms with E-state index in [4.69, 9.17) is 4.74 Å². The van der Waals surface area contributed by atoms with Crippen molar-refractivity contribution in [3.63, 3.8) is 0 Å². The SMILES string of the molecule is CSC[C@H]1OC(n2cnc3c(/N=C/N(C)C)nc(F)nc32)[C@H](O)[C@@H]1O. The highest BCUT2D eigenvalue weighted by Gasteiger charge is 2.44. The summed E-state index contributed by atoms with van der Waals surface area (Å²) in [6, 6.07) is 0. The molecule has 4 atom stereocenters. The van der Waals surface area contributed by atoms with E-state index in [1.54, 1.807) is 19.0 Å². The molecule has 1 aliphatic heterocycles. The van der Waals surface area contributed by atoms with Crippen molar-refractivity contribution in [3.05, 3.63) is 12.4 Å². The van der Waals surface area contributed by atoms with Crippen LogP contribution in [0.25, 0.3) is 11.2 Å². The average Bonchev–Trinajstić information content (AvgIpc) is 3.09. The Hall–Kier alpha value is -1.82. The summed E-state index contributed by atoms with van der Waals surface area (Å²) in [4.78, 5) is 17.4. The number of nitrogens with zero attached hydrogens (tertiary/aromatic N) is 6. The molecule has 0 spiro atoms. The lowest BCUT2D eigenvalue weighted by Gasteiger charge is -2.16. The highest BCUT2D eigenvalue weighted by Crippen LogP contribution is 2.33. The van der Waals surface area contributed by atoms with Crippen LogP contribution in [0.15, 0.2) is 11.3 Å². The van der Waals surface area contributed by atoms with Crippen molar-refractivity contribution in [2.24, 2.45) is 4.99 Å². The van der Waals surface area contributed by atoms with E-state index in [0.29, 0.717) is 5.75 Å². The topological polar surface area (TPSA) is 109 Å². The quantitative estimate of drug-likeness (QED) is 0.436. The Bertz CT molecular complexity index is 785. The molecule has 0 aliphatic carbocycles. The van der Waals surface area contributed by atoms with Crippen LogP contribution in [0.5, 0.6) is 0 Å². The van der Waals surface area contributed by atoms with Crippen LogP contribution in [0.3, 0.4) is 0 Å². The molecule has 2 N–H and O–H groups in total. The van der Waals surface area contributed by atoms with Crippen molar-refractivity contribution < 1.29 is 19.3 Å². The van der Waals surface area contributed by atoms with Crippen LogP contribution in [-0.4, -0.2) is 85.4 Å². The molecule has 25 heavy (non-hydrogen) atoms. The predicted octanol–water partition coefficient (Wildman–Crippen LogP) is 0.169. The van der Waals surface area contributed by atoms with Gasteiger partial charge in [-0.15, -0.1) is 0 Å². The maximum absolute atomic E-state index is 13.8. The monoisotopic (exact) mass is 370 g/mol. The highest BCUT2D eigenvalue weighted by molar-refractivity contribution is 7.98. The van der Waals surface area contributed by atoms with Gasteiger partial charge in [-0.05, 0) is 6.26 Å². The van der Waals surface area contributed by atoms with Gasteiger partial charge in [0.15, 0.2) is 23.2 Å². The molecule has 3 rings (SSSR count). The number of hydrogen-bond donors (Lipinski definition) is 2. The fraction of sp³-hybridized carbons (Fsp3) is 0.571. The third-order valence-corrected chi connectivity index (χ3v) is 4.39. The minimum Gasteiger partial charge on any atom is -0.387 e. The zero-order valence-corrected chi connectivity index (χ0v) is 14.8. The van der Waals surface area contributed by atoms with Crippen molar-refractivity contribution in [1.29, 1.82) is 0 Å². The zero-order valence-electron chi connectivity index (χ0n) is 13.9. The van der Waals surface area contributed by atoms with Gasteiger partial charge in [-0.3, -0.25) is 4.57 Å². The minimum absolute atomic E-state index is 0.0728. The van der Waals surface area contributed by atoms with Crippen LogP contribution < -0.4 is 0 Å². The Morgan fingerprint density at radius 3 is 2.84 bits per heavy atom. The lowest BCUT2D eigenvalue weighted by molar-refractivity contribution is -0.0289. The van der Waals surface area contributed by atoms with Crippen molar-refractivity contribution in [3.8, 4) is 0 Å². The van der Waals surface area contributed by atoms with E-state index < -0.39 is 30.6 Å². The van der Waals surface area contributed by atoms with Crippen LogP contribution in [0.4, 0.5) is 10.2 Å². The summed E-state index contributed by atoms with van der Waals surface area (Å²) in [5.41, 5.74) is 0.414. The van der Waals surface area contributed by atoms with Crippen LogP contribution in [0, 0.1) is 6.08 Å². The molecule has 2 aromatic rings. The van der Waals surface area contributed by atoms with E-state index in [1.165, 1.54) is 29.0 Å². The van der Waals surface area contributed by atoms with Crippen LogP contribution >= 0.6 is 11.8 Å². The molecule has 3 heterocycles. The standard InChI is InChI=1S/C14H19FN6O3S/c1-20(2)5-17-11-8-12(19-14(15)18-11)21(6-16-8)13-10(23)9(22)7(24-13)4-25-3/h5-7,9-10,13,22-23H,4H2,1-3H3/b17-5+/t7-,9-,10-,13?/m1/s1. The van der Waals surface area contributed by atoms with E-state index in [0.717, 1.165) is 0 Å². The van der Waals surface area contributed by atoms with Gasteiger partial charge in [0, 0.05) is 19.8 Å². The first-order chi connectivity index (χ1) is 11.9. The van der Waals surface area contributed by atoms with Gasteiger partial charge >= 0.3 is 6.08 Å². The summed E-state index contributed by atoms with van der Waals surface area (Å²) in [5, 5.41) is 20.4. The Morgan fingerprint density at radius 2 is 2.16 bits per heavy atom. The zero-order chi connectivity index (χ0) is 18.1. The second-order valence-electron chi connectivity index (χ2n) is 5.85. The molecule has 1 unspecified atom stereocenters. The molecule has 0 radical (unpaired) electrons. The van der Waals surface area contributed by atoms with Gasteiger partial charge in [0.1, 0.15) is 12.2 Å². The third-order valence-electron chi connectivity index (χ3n) is 3.73. The van der Waals surface area contributed by atoms with Crippen molar-refractivity contribution in [1.82, 2.24) is 24.4 Å². The van der Waals surface area contributed by atoms with Gasteiger partial charge in [0.05, 0.1) is 18.8 Å². The van der Waals surface area contributed by atoms with Crippen LogP contribution in [0.2, 0.25) is 0 Å². The Labute approximate surface area is 147 Å². The predicted molar refractivity (Wildman–Crippen MR) is 91.4 cm³/mol. The summed E-state index contributed by atoms with van der Waals surface area (Å²) in [6.07, 6.45) is 0.0695. The van der Waals surface area contributed by atoms with Gasteiger partial charge in [-0.25, -0.2) is 9.98 Å². The van der Waals surface area contributed by atoms with Gasteiger partial charge in [-0.2, -0.15) is 26.1 Å². The summed E-state index contributed by atoms with van der Waals surface area (Å²) in [7, 11) is 3.54. The second-order valence-corrected chi connectivity index (χ2v) is 6.76. The number of halogens is 1. The van der Waals surface area contributed by atoms with Gasteiger partial charge in [-0.1, -0.05) is 0 Å². The molecule has 11 heteroatoms. The third kappa shape index (κ3) is 3.45. The van der Waals surface area contributed by atoms with E-state index in [9.17, 15) is 14.6 Å². The summed E-state index contributed by atoms with van der Waals surface area (Å²) in [6.45, 7) is 0. The molecule has 0 aromatic carbocycles. The second kappa shape index (κ2) is 7.20. The molecule has 0 bridgehead atoms. The van der Waals surface area contributed by atoms with E-state index >= 15 is 0 Å². The van der Waals surface area contributed by atoms with E-state index in [2.05, 4.69) is 19.9 Å². The normalized spacial score (nSPS) is 26.8. The Kier molecular flexibility index (Phi) is 5.18. The number of imidazole rings is 1. The molecule has 1 saturated heterocycles. The number of rotatable bonds is 5. The van der Waals surface area contributed by atoms with Crippen LogP contribution in [0.1, 0.15) is 6.23 Å². The number of thioether (sulfide) groups is 1. The first kappa shape index (κ1) is 18.0. The fourth-order valence-corrected chi connectivity index (χ4v) is 3.19. The summed E-state index contributed by atoms with van der Waals surface area (Å²) in [5.74, 6) is 0.590. The number of fused-ring (bicyclic) bond motifs is 1. The van der Waals surface area contributed by atoms with Crippen molar-refractivity contribution in [2.75, 3.05) is 26.1 Å². The molecule has 2 aromatic heterocycles. The largest absolute Gasteiger partial charge is 0.387 e. The fourth-order valence-electron chi connectivity index (χ4n) is 2.58. The molecular formula is C14H19FN6O3S. The average molecular weight is 370 g/mol. The minimum atomic E-state index is -1.18. The molecule has 0 saturated carbocycles. The lowest BCUT2D eigenvalue weighted by Crippen LogP contribution is -2.32. The molecule has 136 valence electrons. The van der Waals surface area contributed by atoms with Crippen molar-refractivity contribution >= 4 is 35.1 Å². The maximum atomic E-state index is 13.8. The smallest absolute Gasteiger partial charge is 0.312 e. The number of ether oxygens (including phenoxy) is 1. The molecule has 0 amide bonds. The van der Waals surface area contributed by atoms with E-state index in [-0.39, 0.29) is 17.0 Å². The van der Waals surface area contributed by atoms with Crippen molar-refractivity contribution in [2.45, 2.75) is 24.5 Å². The Balaban J connectivity index is 2.01. The Morgan fingerprint density at radius 1 is 1.40 bits per heavy atom. The number of aromatic nitrogens is 4. The number of aliphatic imine (C=N–C) groups is 1. The first-order valence-corrected chi connectivity index (χ1v) is 8.93. The van der Waals surface area contributed by atoms with Gasteiger partial charge in [0.2, 0.25) is 0 Å². The highest BCUT2D eigenvalue weighted by atomic mass is 32.2. The molecule has 1 fully saturated rings. The molecule has 1 aliphatic rings.